The van der Waals surface area contributed by atoms with Gasteiger partial charge in [0.25, 0.3) is 5.91 Å². The molecular weight excluding hydrogens is 272 g/mol. The second-order valence-electron chi connectivity index (χ2n) is 4.23. The molecule has 104 valence electrons. The largest absolute Gasteiger partial charge is 0.352 e. The SMILES string of the molecule is O=C(CCNC(=O)c1ccccc1)NCc1cccs1. The summed E-state index contributed by atoms with van der Waals surface area (Å²) in [6, 6.07) is 12.9. The van der Waals surface area contributed by atoms with Crippen LogP contribution in [0.15, 0.2) is 47.8 Å². The molecule has 0 saturated carbocycles. The van der Waals surface area contributed by atoms with E-state index in [0.717, 1.165) is 4.88 Å². The van der Waals surface area contributed by atoms with Crippen LogP contribution in [0.5, 0.6) is 0 Å². The Labute approximate surface area is 121 Å². The second kappa shape index (κ2) is 7.45. The number of rotatable bonds is 6. The molecule has 0 fully saturated rings. The molecule has 0 unspecified atom stereocenters. The summed E-state index contributed by atoms with van der Waals surface area (Å²) < 4.78 is 0. The van der Waals surface area contributed by atoms with Crippen LogP contribution in [0.4, 0.5) is 0 Å². The van der Waals surface area contributed by atoms with Gasteiger partial charge in [-0.25, -0.2) is 0 Å². The quantitative estimate of drug-likeness (QED) is 0.856. The van der Waals surface area contributed by atoms with Crippen molar-refractivity contribution in [2.45, 2.75) is 13.0 Å². The zero-order chi connectivity index (χ0) is 14.2. The molecular formula is C15H16N2O2S. The molecule has 0 atom stereocenters. The first-order valence-electron chi connectivity index (χ1n) is 6.38. The summed E-state index contributed by atoms with van der Waals surface area (Å²) in [4.78, 5) is 24.4. The fraction of sp³-hybridized carbons (Fsp3) is 0.200. The number of carbonyl (C=O) groups excluding carboxylic acids is 2. The van der Waals surface area contributed by atoms with Crippen molar-refractivity contribution < 1.29 is 9.59 Å². The average molecular weight is 288 g/mol. The van der Waals surface area contributed by atoms with Crippen molar-refractivity contribution in [1.82, 2.24) is 10.6 Å². The molecule has 0 spiro atoms. The Morgan fingerprint density at radius 1 is 1.00 bits per heavy atom. The van der Waals surface area contributed by atoms with Gasteiger partial charge in [0.1, 0.15) is 0 Å². The first-order chi connectivity index (χ1) is 9.75. The number of hydrogen-bond acceptors (Lipinski definition) is 3. The highest BCUT2D eigenvalue weighted by molar-refractivity contribution is 7.09. The van der Waals surface area contributed by atoms with Crippen molar-refractivity contribution in [1.29, 1.82) is 0 Å². The normalized spacial score (nSPS) is 10.0. The van der Waals surface area contributed by atoms with Crippen molar-refractivity contribution in [2.24, 2.45) is 0 Å². The van der Waals surface area contributed by atoms with Gasteiger partial charge in [0.05, 0.1) is 6.54 Å². The molecule has 2 rings (SSSR count). The van der Waals surface area contributed by atoms with E-state index >= 15 is 0 Å². The first kappa shape index (κ1) is 14.3. The maximum Gasteiger partial charge on any atom is 0.251 e. The summed E-state index contributed by atoms with van der Waals surface area (Å²) in [7, 11) is 0. The lowest BCUT2D eigenvalue weighted by atomic mass is 10.2. The van der Waals surface area contributed by atoms with E-state index < -0.39 is 0 Å². The van der Waals surface area contributed by atoms with E-state index in [1.807, 2.05) is 35.7 Å². The van der Waals surface area contributed by atoms with Crippen LogP contribution < -0.4 is 10.6 Å². The minimum absolute atomic E-state index is 0.0632. The predicted octanol–water partition coefficient (Wildman–Crippen LogP) is 2.18. The van der Waals surface area contributed by atoms with Gasteiger partial charge in [-0.2, -0.15) is 0 Å². The van der Waals surface area contributed by atoms with Crippen molar-refractivity contribution in [3.05, 3.63) is 58.3 Å². The van der Waals surface area contributed by atoms with E-state index in [4.69, 9.17) is 0 Å². The van der Waals surface area contributed by atoms with Gasteiger partial charge >= 0.3 is 0 Å². The number of benzene rings is 1. The molecule has 5 heteroatoms. The Bertz CT molecular complexity index is 553. The molecule has 1 aromatic carbocycles. The van der Waals surface area contributed by atoms with Gasteiger partial charge in [0.2, 0.25) is 5.91 Å². The molecule has 0 saturated heterocycles. The molecule has 2 N–H and O–H groups in total. The van der Waals surface area contributed by atoms with Crippen LogP contribution in [0.25, 0.3) is 0 Å². The minimum Gasteiger partial charge on any atom is -0.352 e. The third-order valence-corrected chi connectivity index (χ3v) is 3.59. The molecule has 0 aliphatic carbocycles. The summed E-state index contributed by atoms with van der Waals surface area (Å²) in [6.45, 7) is 0.882. The highest BCUT2D eigenvalue weighted by Crippen LogP contribution is 2.07. The lowest BCUT2D eigenvalue weighted by Gasteiger charge is -2.06. The Morgan fingerprint density at radius 3 is 2.50 bits per heavy atom. The predicted molar refractivity (Wildman–Crippen MR) is 79.6 cm³/mol. The third-order valence-electron chi connectivity index (χ3n) is 2.71. The van der Waals surface area contributed by atoms with Crippen molar-refractivity contribution in [2.75, 3.05) is 6.54 Å². The van der Waals surface area contributed by atoms with Crippen LogP contribution in [0.1, 0.15) is 21.7 Å². The Hall–Kier alpha value is -2.14. The van der Waals surface area contributed by atoms with Crippen LogP contribution in [0.3, 0.4) is 0 Å². The number of hydrogen-bond donors (Lipinski definition) is 2. The number of nitrogens with one attached hydrogen (secondary N) is 2. The second-order valence-corrected chi connectivity index (χ2v) is 5.26. The standard InChI is InChI=1S/C15H16N2O2S/c18-14(17-11-13-7-4-10-20-13)8-9-16-15(19)12-5-2-1-3-6-12/h1-7,10H,8-9,11H2,(H,16,19)(H,17,18). The molecule has 1 aromatic heterocycles. The molecule has 2 aromatic rings. The molecule has 0 aliphatic heterocycles. The van der Waals surface area contributed by atoms with Crippen molar-refractivity contribution >= 4 is 23.2 Å². The first-order valence-corrected chi connectivity index (χ1v) is 7.26. The van der Waals surface area contributed by atoms with Crippen molar-refractivity contribution in [3.63, 3.8) is 0 Å². The van der Waals surface area contributed by atoms with E-state index in [1.54, 1.807) is 23.5 Å². The molecule has 0 aliphatic rings. The van der Waals surface area contributed by atoms with Gasteiger partial charge in [-0.05, 0) is 23.6 Å². The lowest BCUT2D eigenvalue weighted by Crippen LogP contribution is -2.30. The van der Waals surface area contributed by atoms with Crippen LogP contribution in [0, 0.1) is 0 Å². The number of carbonyl (C=O) groups is 2. The monoisotopic (exact) mass is 288 g/mol. The maximum atomic E-state index is 11.7. The zero-order valence-electron chi connectivity index (χ0n) is 11.0. The number of thiophene rings is 1. The summed E-state index contributed by atoms with van der Waals surface area (Å²) >= 11 is 1.61. The van der Waals surface area contributed by atoms with Gasteiger partial charge in [-0.15, -0.1) is 11.3 Å². The van der Waals surface area contributed by atoms with E-state index in [9.17, 15) is 9.59 Å². The fourth-order valence-electron chi connectivity index (χ4n) is 1.67. The molecule has 2 amide bonds. The molecule has 20 heavy (non-hydrogen) atoms. The van der Waals surface area contributed by atoms with Crippen LogP contribution in [0.2, 0.25) is 0 Å². The summed E-state index contributed by atoms with van der Waals surface area (Å²) in [5.74, 6) is -0.219. The van der Waals surface area contributed by atoms with Gasteiger partial charge < -0.3 is 10.6 Å². The maximum absolute atomic E-state index is 11.7. The highest BCUT2D eigenvalue weighted by Gasteiger charge is 2.06. The van der Waals surface area contributed by atoms with Gasteiger partial charge in [-0.3, -0.25) is 9.59 Å². The summed E-state index contributed by atoms with van der Waals surface area (Å²) in [6.07, 6.45) is 0.282. The summed E-state index contributed by atoms with van der Waals surface area (Å²) in [5, 5.41) is 7.52. The third kappa shape index (κ3) is 4.51. The minimum atomic E-state index is -0.156. The van der Waals surface area contributed by atoms with Crippen LogP contribution in [-0.2, 0) is 11.3 Å². The van der Waals surface area contributed by atoms with Gasteiger partial charge in [0, 0.05) is 23.4 Å². The van der Waals surface area contributed by atoms with Gasteiger partial charge in [-0.1, -0.05) is 24.3 Å². The zero-order valence-corrected chi connectivity index (χ0v) is 11.8. The molecule has 1 heterocycles. The Kier molecular flexibility index (Phi) is 5.32. The fourth-order valence-corrected chi connectivity index (χ4v) is 2.31. The molecule has 0 bridgehead atoms. The van der Waals surface area contributed by atoms with E-state index in [2.05, 4.69) is 10.6 Å². The average Bonchev–Trinajstić information content (AvgIpc) is 2.99. The van der Waals surface area contributed by atoms with Crippen molar-refractivity contribution in [3.8, 4) is 0 Å². The molecule has 0 radical (unpaired) electrons. The lowest BCUT2D eigenvalue weighted by molar-refractivity contribution is -0.121. The van der Waals surface area contributed by atoms with Crippen LogP contribution >= 0.6 is 11.3 Å². The van der Waals surface area contributed by atoms with E-state index in [-0.39, 0.29) is 18.2 Å². The highest BCUT2D eigenvalue weighted by atomic mass is 32.1. The Morgan fingerprint density at radius 2 is 1.80 bits per heavy atom. The van der Waals surface area contributed by atoms with Gasteiger partial charge in [0.15, 0.2) is 0 Å². The smallest absolute Gasteiger partial charge is 0.251 e. The Balaban J connectivity index is 1.65. The number of amides is 2. The topological polar surface area (TPSA) is 58.2 Å². The van der Waals surface area contributed by atoms with E-state index in [1.165, 1.54) is 0 Å². The molecule has 4 nitrogen and oxygen atoms in total. The summed E-state index contributed by atoms with van der Waals surface area (Å²) in [5.41, 5.74) is 0.603. The van der Waals surface area contributed by atoms with Crippen LogP contribution in [-0.4, -0.2) is 18.4 Å². The van der Waals surface area contributed by atoms with E-state index in [0.29, 0.717) is 18.7 Å².